The van der Waals surface area contributed by atoms with E-state index >= 15 is 0 Å². The van der Waals surface area contributed by atoms with E-state index in [-0.39, 0.29) is 11.9 Å². The number of hydrogen-bond acceptors (Lipinski definition) is 4. The van der Waals surface area contributed by atoms with Gasteiger partial charge in [0.1, 0.15) is 17.8 Å². The quantitative estimate of drug-likeness (QED) is 0.941. The molecule has 2 heterocycles. The van der Waals surface area contributed by atoms with Gasteiger partial charge in [-0.1, -0.05) is 12.1 Å². The van der Waals surface area contributed by atoms with E-state index in [1.807, 2.05) is 11.9 Å². The van der Waals surface area contributed by atoms with Gasteiger partial charge in [-0.25, -0.2) is 13.8 Å². The van der Waals surface area contributed by atoms with Crippen LogP contribution in [0.25, 0.3) is 0 Å². The third-order valence-corrected chi connectivity index (χ3v) is 4.13. The molecule has 6 heteroatoms. The van der Waals surface area contributed by atoms with Crippen molar-refractivity contribution in [1.29, 1.82) is 0 Å². The highest BCUT2D eigenvalue weighted by atomic mass is 19.1. The van der Waals surface area contributed by atoms with Gasteiger partial charge in [0, 0.05) is 31.9 Å². The molecule has 0 aliphatic carbocycles. The summed E-state index contributed by atoms with van der Waals surface area (Å²) >= 11 is 0. The summed E-state index contributed by atoms with van der Waals surface area (Å²) in [6, 6.07) is 6.04. The largest absolute Gasteiger partial charge is 0.363 e. The first-order valence-corrected chi connectivity index (χ1v) is 7.75. The molecule has 2 atom stereocenters. The predicted octanol–water partition coefficient (Wildman–Crippen LogP) is 2.66. The smallest absolute Gasteiger partial charge is 0.148 e. The van der Waals surface area contributed by atoms with Crippen LogP contribution >= 0.6 is 0 Å². The number of likely N-dealkylation sites (tertiary alicyclic amines) is 1. The molecule has 3 rings (SSSR count). The Hall–Kier alpha value is -2.08. The summed E-state index contributed by atoms with van der Waals surface area (Å²) in [6.07, 6.45) is 3.53. The van der Waals surface area contributed by atoms with Gasteiger partial charge in [-0.2, -0.15) is 0 Å². The Labute approximate surface area is 134 Å². The summed E-state index contributed by atoms with van der Waals surface area (Å²) in [5, 5.41) is 3.20. The van der Waals surface area contributed by atoms with Crippen molar-refractivity contribution in [3.63, 3.8) is 0 Å². The van der Waals surface area contributed by atoms with Crippen LogP contribution in [0.5, 0.6) is 0 Å². The molecular weight excluding hydrogens is 298 g/mol. The molecule has 122 valence electrons. The monoisotopic (exact) mass is 318 g/mol. The number of benzene rings is 1. The molecule has 1 aliphatic rings. The van der Waals surface area contributed by atoms with Crippen LogP contribution in [0.15, 0.2) is 36.7 Å². The van der Waals surface area contributed by atoms with Gasteiger partial charge >= 0.3 is 0 Å². The Morgan fingerprint density at radius 3 is 2.70 bits per heavy atom. The second-order valence-corrected chi connectivity index (χ2v) is 5.97. The molecule has 0 saturated carbocycles. The van der Waals surface area contributed by atoms with Crippen molar-refractivity contribution in [3.05, 3.63) is 53.7 Å². The van der Waals surface area contributed by atoms with Gasteiger partial charge in [0.2, 0.25) is 0 Å². The van der Waals surface area contributed by atoms with Crippen LogP contribution in [0.1, 0.15) is 17.7 Å². The Bertz CT molecular complexity index is 647. The van der Waals surface area contributed by atoms with Gasteiger partial charge in [-0.15, -0.1) is 0 Å². The number of nitrogens with zero attached hydrogens (tertiary/aromatic N) is 3. The van der Waals surface area contributed by atoms with Crippen LogP contribution in [-0.2, 0) is 6.42 Å². The summed E-state index contributed by atoms with van der Waals surface area (Å²) < 4.78 is 27.2. The number of rotatable bonds is 4. The average Bonchev–Trinajstić information content (AvgIpc) is 2.54. The van der Waals surface area contributed by atoms with Crippen molar-refractivity contribution >= 4 is 5.82 Å². The van der Waals surface area contributed by atoms with Gasteiger partial charge in [0.15, 0.2) is 0 Å². The highest BCUT2D eigenvalue weighted by Crippen LogP contribution is 2.20. The fourth-order valence-corrected chi connectivity index (χ4v) is 2.81. The van der Waals surface area contributed by atoms with Crippen molar-refractivity contribution in [1.82, 2.24) is 14.9 Å². The molecule has 0 radical (unpaired) electrons. The molecule has 1 aromatic carbocycles. The van der Waals surface area contributed by atoms with E-state index < -0.39 is 6.17 Å². The minimum absolute atomic E-state index is 0.255. The standard InChI is InChI=1S/C17H20F2N4/c1-23-9-6-15(14(19)11-23)22-17-16(20-7-8-21-17)10-12-2-4-13(18)5-3-12/h2-5,7-8,14-15H,6,9-11H2,1H3,(H,21,22). The average molecular weight is 318 g/mol. The van der Waals surface area contributed by atoms with Crippen LogP contribution in [-0.4, -0.2) is 47.2 Å². The van der Waals surface area contributed by atoms with Crippen molar-refractivity contribution in [2.75, 3.05) is 25.5 Å². The highest BCUT2D eigenvalue weighted by molar-refractivity contribution is 5.43. The predicted molar refractivity (Wildman–Crippen MR) is 85.7 cm³/mol. The maximum Gasteiger partial charge on any atom is 0.148 e. The molecule has 23 heavy (non-hydrogen) atoms. The lowest BCUT2D eigenvalue weighted by molar-refractivity contribution is 0.149. The normalized spacial score (nSPS) is 22.0. The zero-order valence-electron chi connectivity index (χ0n) is 13.0. The van der Waals surface area contributed by atoms with Crippen molar-refractivity contribution in [2.45, 2.75) is 25.1 Å². The van der Waals surface area contributed by atoms with E-state index in [2.05, 4.69) is 15.3 Å². The van der Waals surface area contributed by atoms with Crippen molar-refractivity contribution in [3.8, 4) is 0 Å². The van der Waals surface area contributed by atoms with E-state index in [4.69, 9.17) is 0 Å². The Balaban J connectivity index is 1.74. The molecule has 0 amide bonds. The lowest BCUT2D eigenvalue weighted by Crippen LogP contribution is -2.46. The summed E-state index contributed by atoms with van der Waals surface area (Å²) in [4.78, 5) is 10.6. The maximum atomic E-state index is 14.2. The first kappa shape index (κ1) is 15.8. The minimum Gasteiger partial charge on any atom is -0.363 e. The number of piperidine rings is 1. The molecule has 0 bridgehead atoms. The van der Waals surface area contributed by atoms with Crippen molar-refractivity contribution < 1.29 is 8.78 Å². The van der Waals surface area contributed by atoms with E-state index in [0.717, 1.165) is 24.2 Å². The molecule has 2 aromatic rings. The third kappa shape index (κ3) is 4.01. The molecule has 1 aliphatic heterocycles. The van der Waals surface area contributed by atoms with Gasteiger partial charge in [-0.05, 0) is 31.2 Å². The fraction of sp³-hybridized carbons (Fsp3) is 0.412. The molecule has 1 saturated heterocycles. The third-order valence-electron chi connectivity index (χ3n) is 4.13. The summed E-state index contributed by atoms with van der Waals surface area (Å²) in [7, 11) is 1.92. The van der Waals surface area contributed by atoms with Gasteiger partial charge in [0.05, 0.1) is 11.7 Å². The van der Waals surface area contributed by atoms with E-state index in [1.165, 1.54) is 12.1 Å². The first-order valence-electron chi connectivity index (χ1n) is 7.75. The van der Waals surface area contributed by atoms with E-state index in [0.29, 0.717) is 18.8 Å². The maximum absolute atomic E-state index is 14.2. The fourth-order valence-electron chi connectivity index (χ4n) is 2.81. The number of alkyl halides is 1. The number of aromatic nitrogens is 2. The number of hydrogen-bond donors (Lipinski definition) is 1. The highest BCUT2D eigenvalue weighted by Gasteiger charge is 2.28. The summed E-state index contributed by atoms with van der Waals surface area (Å²) in [5.41, 5.74) is 1.68. The SMILES string of the molecule is CN1CCC(Nc2nccnc2Cc2ccc(F)cc2)C(F)C1. The number of halogens is 2. The lowest BCUT2D eigenvalue weighted by atomic mass is 10.0. The van der Waals surface area contributed by atoms with Crippen LogP contribution in [0.3, 0.4) is 0 Å². The Kier molecular flexibility index (Phi) is 4.81. The van der Waals surface area contributed by atoms with Crippen molar-refractivity contribution in [2.24, 2.45) is 0 Å². The molecule has 2 unspecified atom stereocenters. The molecule has 4 nitrogen and oxygen atoms in total. The minimum atomic E-state index is -0.936. The topological polar surface area (TPSA) is 41.0 Å². The second-order valence-electron chi connectivity index (χ2n) is 5.97. The van der Waals surface area contributed by atoms with Crippen LogP contribution in [0.4, 0.5) is 14.6 Å². The van der Waals surface area contributed by atoms with Gasteiger partial charge in [-0.3, -0.25) is 4.98 Å². The van der Waals surface area contributed by atoms with Gasteiger partial charge < -0.3 is 10.2 Å². The molecule has 0 spiro atoms. The zero-order chi connectivity index (χ0) is 16.2. The van der Waals surface area contributed by atoms with Gasteiger partial charge in [0.25, 0.3) is 0 Å². The van der Waals surface area contributed by atoms with Crippen LogP contribution in [0.2, 0.25) is 0 Å². The summed E-state index contributed by atoms with van der Waals surface area (Å²) in [6.45, 7) is 1.27. The van der Waals surface area contributed by atoms with Crippen LogP contribution < -0.4 is 5.32 Å². The molecule has 1 fully saturated rings. The molecule has 1 N–H and O–H groups in total. The number of anilines is 1. The lowest BCUT2D eigenvalue weighted by Gasteiger charge is -2.33. The van der Waals surface area contributed by atoms with E-state index in [9.17, 15) is 8.78 Å². The Morgan fingerprint density at radius 1 is 1.22 bits per heavy atom. The first-order chi connectivity index (χ1) is 11.1. The molecule has 1 aromatic heterocycles. The Morgan fingerprint density at radius 2 is 1.96 bits per heavy atom. The zero-order valence-corrected chi connectivity index (χ0v) is 13.0. The number of nitrogens with one attached hydrogen (secondary N) is 1. The second kappa shape index (κ2) is 7.00. The summed E-state index contributed by atoms with van der Waals surface area (Å²) in [5.74, 6) is 0.340. The van der Waals surface area contributed by atoms with Crippen LogP contribution in [0, 0.1) is 5.82 Å². The molecular formula is C17H20F2N4. The van der Waals surface area contributed by atoms with E-state index in [1.54, 1.807) is 24.5 Å².